The van der Waals surface area contributed by atoms with Gasteiger partial charge in [-0.2, -0.15) is 4.98 Å². The molecule has 20 heavy (non-hydrogen) atoms. The van der Waals surface area contributed by atoms with Crippen LogP contribution in [0.2, 0.25) is 0 Å². The fourth-order valence-electron chi connectivity index (χ4n) is 1.51. The number of benzene rings is 1. The van der Waals surface area contributed by atoms with Crippen molar-refractivity contribution in [3.8, 4) is 11.6 Å². The van der Waals surface area contributed by atoms with Crippen LogP contribution < -0.4 is 10.5 Å². The van der Waals surface area contributed by atoms with Crippen molar-refractivity contribution in [2.75, 3.05) is 5.73 Å². The van der Waals surface area contributed by atoms with Crippen molar-refractivity contribution < 1.29 is 9.66 Å². The van der Waals surface area contributed by atoms with E-state index in [2.05, 4.69) is 41.8 Å². The summed E-state index contributed by atoms with van der Waals surface area (Å²) < 4.78 is 6.94. The molecule has 1 aromatic carbocycles. The summed E-state index contributed by atoms with van der Waals surface area (Å²) in [6.45, 7) is 1.47. The molecule has 9 heteroatoms. The quantitative estimate of drug-likeness (QED) is 0.620. The van der Waals surface area contributed by atoms with Gasteiger partial charge in [-0.25, -0.2) is 4.98 Å². The van der Waals surface area contributed by atoms with E-state index in [-0.39, 0.29) is 23.2 Å². The molecule has 104 valence electrons. The maximum Gasteiger partial charge on any atom is 0.352 e. The second-order valence-electron chi connectivity index (χ2n) is 3.75. The molecule has 0 atom stereocenters. The summed E-state index contributed by atoms with van der Waals surface area (Å²) in [7, 11) is 0. The van der Waals surface area contributed by atoms with Gasteiger partial charge in [-0.1, -0.05) is 15.9 Å². The van der Waals surface area contributed by atoms with Crippen molar-refractivity contribution in [2.24, 2.45) is 0 Å². The number of hydrogen-bond donors (Lipinski definition) is 1. The summed E-state index contributed by atoms with van der Waals surface area (Å²) in [5, 5.41) is 11.1. The van der Waals surface area contributed by atoms with E-state index in [9.17, 15) is 10.1 Å². The SMILES string of the molecule is Cc1nc(N)nc(Oc2ccc(Br)cc2Br)c1[N+](=O)[O-]. The lowest BCUT2D eigenvalue weighted by atomic mass is 10.3. The van der Waals surface area contributed by atoms with Crippen LogP contribution in [0.4, 0.5) is 11.6 Å². The first-order valence-corrected chi connectivity index (χ1v) is 6.88. The fourth-order valence-corrected chi connectivity index (χ4v) is 2.63. The molecule has 0 saturated heterocycles. The standard InChI is InChI=1S/C11H8Br2N4O3/c1-5-9(17(18)19)10(16-11(14)15-5)20-8-3-2-6(12)4-7(8)13/h2-4H,1H3,(H2,14,15,16). The lowest BCUT2D eigenvalue weighted by Gasteiger charge is -2.09. The number of aryl methyl sites for hydroxylation is 1. The Hall–Kier alpha value is -1.74. The van der Waals surface area contributed by atoms with Gasteiger partial charge in [0.05, 0.1) is 9.40 Å². The van der Waals surface area contributed by atoms with Gasteiger partial charge in [0.1, 0.15) is 11.4 Å². The van der Waals surface area contributed by atoms with Crippen molar-refractivity contribution in [1.29, 1.82) is 0 Å². The lowest BCUT2D eigenvalue weighted by Crippen LogP contribution is -2.04. The minimum atomic E-state index is -0.600. The number of halogens is 2. The van der Waals surface area contributed by atoms with Gasteiger partial charge in [-0.15, -0.1) is 0 Å². The number of hydrogen-bond acceptors (Lipinski definition) is 6. The van der Waals surface area contributed by atoms with Gasteiger partial charge < -0.3 is 10.5 Å². The largest absolute Gasteiger partial charge is 0.432 e. The Kier molecular flexibility index (Phi) is 4.19. The van der Waals surface area contributed by atoms with E-state index in [1.807, 2.05) is 0 Å². The van der Waals surface area contributed by atoms with Crippen molar-refractivity contribution in [3.63, 3.8) is 0 Å². The molecular formula is C11H8Br2N4O3. The molecule has 0 radical (unpaired) electrons. The van der Waals surface area contributed by atoms with E-state index < -0.39 is 4.92 Å². The van der Waals surface area contributed by atoms with Crippen molar-refractivity contribution >= 4 is 43.5 Å². The number of aromatic nitrogens is 2. The van der Waals surface area contributed by atoms with Crippen LogP contribution >= 0.6 is 31.9 Å². The number of anilines is 1. The van der Waals surface area contributed by atoms with E-state index in [0.29, 0.717) is 10.2 Å². The first-order valence-electron chi connectivity index (χ1n) is 5.30. The second kappa shape index (κ2) is 5.71. The normalized spacial score (nSPS) is 10.3. The number of nitrogens with two attached hydrogens (primary N) is 1. The third-order valence-corrected chi connectivity index (χ3v) is 3.44. The Labute approximate surface area is 130 Å². The Bertz CT molecular complexity index is 694. The molecule has 0 fully saturated rings. The van der Waals surface area contributed by atoms with Crippen LogP contribution in [0.25, 0.3) is 0 Å². The van der Waals surface area contributed by atoms with Crippen molar-refractivity contribution in [3.05, 3.63) is 43.0 Å². The van der Waals surface area contributed by atoms with Gasteiger partial charge >= 0.3 is 11.6 Å². The Morgan fingerprint density at radius 3 is 2.65 bits per heavy atom. The third-order valence-electron chi connectivity index (χ3n) is 2.33. The van der Waals surface area contributed by atoms with Crippen LogP contribution in [0.5, 0.6) is 11.6 Å². The Morgan fingerprint density at radius 1 is 1.35 bits per heavy atom. The highest BCUT2D eigenvalue weighted by molar-refractivity contribution is 9.11. The predicted molar refractivity (Wildman–Crippen MR) is 79.8 cm³/mol. The molecule has 0 spiro atoms. The summed E-state index contributed by atoms with van der Waals surface area (Å²) in [6.07, 6.45) is 0. The summed E-state index contributed by atoms with van der Waals surface area (Å²) >= 11 is 6.61. The first-order chi connectivity index (χ1) is 9.38. The zero-order valence-corrected chi connectivity index (χ0v) is 13.3. The third kappa shape index (κ3) is 3.05. The van der Waals surface area contributed by atoms with Gasteiger partial charge in [-0.3, -0.25) is 10.1 Å². The van der Waals surface area contributed by atoms with Gasteiger partial charge in [0.2, 0.25) is 5.95 Å². The van der Waals surface area contributed by atoms with Crippen LogP contribution in [0, 0.1) is 17.0 Å². The fraction of sp³-hybridized carbons (Fsp3) is 0.0909. The monoisotopic (exact) mass is 402 g/mol. The van der Waals surface area contributed by atoms with E-state index >= 15 is 0 Å². The minimum Gasteiger partial charge on any atom is -0.432 e. The van der Waals surface area contributed by atoms with Crippen LogP contribution in [0.1, 0.15) is 5.69 Å². The molecular weight excluding hydrogens is 396 g/mol. The molecule has 0 bridgehead atoms. The van der Waals surface area contributed by atoms with Gasteiger partial charge in [0.15, 0.2) is 0 Å². The highest BCUT2D eigenvalue weighted by atomic mass is 79.9. The molecule has 1 heterocycles. The van der Waals surface area contributed by atoms with E-state index in [4.69, 9.17) is 10.5 Å². The Balaban J connectivity index is 2.50. The second-order valence-corrected chi connectivity index (χ2v) is 5.52. The molecule has 0 aliphatic heterocycles. The number of nitro groups is 1. The van der Waals surface area contributed by atoms with Crippen molar-refractivity contribution in [2.45, 2.75) is 6.92 Å². The maximum absolute atomic E-state index is 11.1. The van der Waals surface area contributed by atoms with Crippen LogP contribution in [0.15, 0.2) is 27.1 Å². The summed E-state index contributed by atoms with van der Waals surface area (Å²) in [5.74, 6) is 0.105. The number of rotatable bonds is 3. The van der Waals surface area contributed by atoms with Gasteiger partial charge in [0.25, 0.3) is 0 Å². The summed E-state index contributed by atoms with van der Waals surface area (Å²) in [6, 6.07) is 5.13. The minimum absolute atomic E-state index is 0.0867. The highest BCUT2D eigenvalue weighted by Gasteiger charge is 2.24. The molecule has 0 aliphatic rings. The molecule has 2 rings (SSSR count). The van der Waals surface area contributed by atoms with Crippen LogP contribution in [-0.4, -0.2) is 14.9 Å². The predicted octanol–water partition coefficient (Wildman–Crippen LogP) is 3.59. The Morgan fingerprint density at radius 2 is 2.05 bits per heavy atom. The maximum atomic E-state index is 11.1. The summed E-state index contributed by atoms with van der Waals surface area (Å²) in [5.41, 5.74) is 5.33. The van der Waals surface area contributed by atoms with Gasteiger partial charge in [0, 0.05) is 4.47 Å². The first kappa shape index (κ1) is 14.7. The number of nitrogens with zero attached hydrogens (tertiary/aromatic N) is 3. The topological polar surface area (TPSA) is 104 Å². The van der Waals surface area contributed by atoms with E-state index in [1.54, 1.807) is 18.2 Å². The molecule has 1 aromatic heterocycles. The lowest BCUT2D eigenvalue weighted by molar-refractivity contribution is -0.386. The molecule has 2 aromatic rings. The van der Waals surface area contributed by atoms with E-state index in [0.717, 1.165) is 4.47 Å². The van der Waals surface area contributed by atoms with Crippen molar-refractivity contribution in [1.82, 2.24) is 9.97 Å². The zero-order valence-electron chi connectivity index (χ0n) is 10.1. The van der Waals surface area contributed by atoms with Gasteiger partial charge in [-0.05, 0) is 41.1 Å². The number of nitrogen functional groups attached to an aromatic ring is 1. The average Bonchev–Trinajstić information content (AvgIpc) is 2.31. The molecule has 0 unspecified atom stereocenters. The number of ether oxygens (including phenoxy) is 1. The molecule has 0 aliphatic carbocycles. The van der Waals surface area contributed by atoms with Crippen LogP contribution in [-0.2, 0) is 0 Å². The molecule has 0 saturated carbocycles. The summed E-state index contributed by atoms with van der Waals surface area (Å²) in [4.78, 5) is 18.0. The molecule has 2 N–H and O–H groups in total. The molecule has 7 nitrogen and oxygen atoms in total. The van der Waals surface area contributed by atoms with E-state index in [1.165, 1.54) is 6.92 Å². The smallest absolute Gasteiger partial charge is 0.352 e. The zero-order chi connectivity index (χ0) is 14.9. The average molecular weight is 404 g/mol. The van der Waals surface area contributed by atoms with Crippen LogP contribution in [0.3, 0.4) is 0 Å². The molecule has 0 amide bonds. The highest BCUT2D eigenvalue weighted by Crippen LogP contribution is 2.36.